The maximum absolute atomic E-state index is 13.6. The van der Waals surface area contributed by atoms with Crippen molar-refractivity contribution < 1.29 is 13.9 Å². The number of nitrogens with one attached hydrogen (secondary N) is 1. The van der Waals surface area contributed by atoms with Crippen LogP contribution in [0.4, 0.5) is 15.8 Å². The van der Waals surface area contributed by atoms with E-state index in [-0.39, 0.29) is 17.2 Å². The molecule has 0 fully saturated rings. The Balaban J connectivity index is 2.12. The summed E-state index contributed by atoms with van der Waals surface area (Å²) in [7, 11) is 5.26. The Morgan fingerprint density at radius 2 is 1.81 bits per heavy atom. The van der Waals surface area contributed by atoms with E-state index in [1.807, 2.05) is 31.1 Å². The Hall–Kier alpha value is -2.56. The highest BCUT2D eigenvalue weighted by atomic mass is 19.1. The molecule has 0 atom stereocenters. The van der Waals surface area contributed by atoms with E-state index in [1.165, 1.54) is 19.2 Å². The summed E-state index contributed by atoms with van der Waals surface area (Å²) in [4.78, 5) is 14.0. The number of hydrogen-bond acceptors (Lipinski definition) is 3. The first-order chi connectivity index (χ1) is 10.0. The van der Waals surface area contributed by atoms with Crippen LogP contribution in [0.3, 0.4) is 0 Å². The largest absolute Gasteiger partial charge is 0.494 e. The van der Waals surface area contributed by atoms with Crippen molar-refractivity contribution in [3.05, 3.63) is 53.8 Å². The molecule has 5 heteroatoms. The van der Waals surface area contributed by atoms with Gasteiger partial charge in [0, 0.05) is 31.0 Å². The quantitative estimate of drug-likeness (QED) is 0.939. The summed E-state index contributed by atoms with van der Waals surface area (Å²) in [6.45, 7) is 0. The number of amides is 1. The van der Waals surface area contributed by atoms with Crippen LogP contribution in [0.25, 0.3) is 0 Å². The van der Waals surface area contributed by atoms with Gasteiger partial charge in [-0.3, -0.25) is 4.79 Å². The lowest BCUT2D eigenvalue weighted by Crippen LogP contribution is -2.13. The molecule has 0 aliphatic rings. The van der Waals surface area contributed by atoms with Crippen LogP contribution in [-0.4, -0.2) is 27.1 Å². The molecule has 0 aliphatic carbocycles. The van der Waals surface area contributed by atoms with Crippen LogP contribution in [-0.2, 0) is 0 Å². The first-order valence-corrected chi connectivity index (χ1v) is 6.43. The molecule has 0 saturated carbocycles. The van der Waals surface area contributed by atoms with Gasteiger partial charge in [-0.1, -0.05) is 0 Å². The molecule has 0 heterocycles. The van der Waals surface area contributed by atoms with E-state index in [1.54, 1.807) is 12.1 Å². The number of methoxy groups -OCH3 is 1. The van der Waals surface area contributed by atoms with Gasteiger partial charge >= 0.3 is 0 Å². The smallest absolute Gasteiger partial charge is 0.255 e. The Morgan fingerprint density at radius 3 is 2.33 bits per heavy atom. The standard InChI is InChI=1S/C16H17FN2O2/c1-19(2)13-7-5-12(6-8-13)18-16(20)11-4-9-15(21-3)14(17)10-11/h4-10H,1-3H3,(H,18,20). The van der Waals surface area contributed by atoms with Crippen molar-refractivity contribution in [2.24, 2.45) is 0 Å². The minimum absolute atomic E-state index is 0.113. The predicted molar refractivity (Wildman–Crippen MR) is 81.7 cm³/mol. The van der Waals surface area contributed by atoms with Gasteiger partial charge in [0.15, 0.2) is 11.6 Å². The first kappa shape index (κ1) is 14.8. The van der Waals surface area contributed by atoms with Crippen LogP contribution in [0.15, 0.2) is 42.5 Å². The third-order valence-electron chi connectivity index (χ3n) is 3.06. The number of rotatable bonds is 4. The molecular formula is C16H17FN2O2. The third-order valence-corrected chi connectivity index (χ3v) is 3.06. The Bertz CT molecular complexity index is 639. The molecule has 110 valence electrons. The summed E-state index contributed by atoms with van der Waals surface area (Å²) in [6.07, 6.45) is 0. The van der Waals surface area contributed by atoms with Crippen molar-refractivity contribution in [3.8, 4) is 5.75 Å². The van der Waals surface area contributed by atoms with E-state index < -0.39 is 5.82 Å². The minimum Gasteiger partial charge on any atom is -0.494 e. The molecule has 0 bridgehead atoms. The lowest BCUT2D eigenvalue weighted by atomic mass is 10.2. The Kier molecular flexibility index (Phi) is 4.42. The molecule has 0 spiro atoms. The van der Waals surface area contributed by atoms with Crippen LogP contribution in [0.1, 0.15) is 10.4 Å². The number of benzene rings is 2. The molecule has 1 amide bonds. The molecule has 0 aliphatic heterocycles. The fraction of sp³-hybridized carbons (Fsp3) is 0.188. The highest BCUT2D eigenvalue weighted by Gasteiger charge is 2.10. The van der Waals surface area contributed by atoms with E-state index >= 15 is 0 Å². The molecule has 2 rings (SSSR count). The average Bonchev–Trinajstić information content (AvgIpc) is 2.47. The molecule has 2 aromatic carbocycles. The molecule has 0 radical (unpaired) electrons. The maximum Gasteiger partial charge on any atom is 0.255 e. The summed E-state index contributed by atoms with van der Waals surface area (Å²) in [5.41, 5.74) is 1.93. The first-order valence-electron chi connectivity index (χ1n) is 6.43. The normalized spacial score (nSPS) is 10.1. The van der Waals surface area contributed by atoms with Crippen molar-refractivity contribution in [2.75, 3.05) is 31.4 Å². The van der Waals surface area contributed by atoms with E-state index in [4.69, 9.17) is 4.74 Å². The number of halogens is 1. The van der Waals surface area contributed by atoms with Crippen molar-refractivity contribution >= 4 is 17.3 Å². The summed E-state index contributed by atoms with van der Waals surface area (Å²) >= 11 is 0. The van der Waals surface area contributed by atoms with Gasteiger partial charge in [0.2, 0.25) is 0 Å². The van der Waals surface area contributed by atoms with Gasteiger partial charge in [-0.15, -0.1) is 0 Å². The zero-order chi connectivity index (χ0) is 15.4. The molecule has 0 saturated heterocycles. The number of carbonyl (C=O) groups excluding carboxylic acids is 1. The SMILES string of the molecule is COc1ccc(C(=O)Nc2ccc(N(C)C)cc2)cc1F. The molecule has 0 unspecified atom stereocenters. The lowest BCUT2D eigenvalue weighted by molar-refractivity contribution is 0.102. The topological polar surface area (TPSA) is 41.6 Å². The number of hydrogen-bond donors (Lipinski definition) is 1. The van der Waals surface area contributed by atoms with E-state index in [9.17, 15) is 9.18 Å². The molecule has 21 heavy (non-hydrogen) atoms. The number of carbonyl (C=O) groups is 1. The van der Waals surface area contributed by atoms with Crippen LogP contribution in [0.5, 0.6) is 5.75 Å². The second kappa shape index (κ2) is 6.26. The fourth-order valence-electron chi connectivity index (χ4n) is 1.85. The van der Waals surface area contributed by atoms with E-state index in [2.05, 4.69) is 5.32 Å². The predicted octanol–water partition coefficient (Wildman–Crippen LogP) is 3.15. The highest BCUT2D eigenvalue weighted by molar-refractivity contribution is 6.04. The Morgan fingerprint density at radius 1 is 1.14 bits per heavy atom. The fourth-order valence-corrected chi connectivity index (χ4v) is 1.85. The summed E-state index contributed by atoms with van der Waals surface area (Å²) in [5.74, 6) is -0.816. The second-order valence-electron chi connectivity index (χ2n) is 4.74. The van der Waals surface area contributed by atoms with Crippen molar-refractivity contribution in [1.82, 2.24) is 0 Å². The molecule has 2 aromatic rings. The van der Waals surface area contributed by atoms with Crippen molar-refractivity contribution in [2.45, 2.75) is 0 Å². The molecule has 4 nitrogen and oxygen atoms in total. The van der Waals surface area contributed by atoms with Gasteiger partial charge in [-0.25, -0.2) is 4.39 Å². The highest BCUT2D eigenvalue weighted by Crippen LogP contribution is 2.20. The molecular weight excluding hydrogens is 271 g/mol. The monoisotopic (exact) mass is 288 g/mol. The number of ether oxygens (including phenoxy) is 1. The summed E-state index contributed by atoms with van der Waals surface area (Å²) in [6, 6.07) is 11.5. The van der Waals surface area contributed by atoms with Gasteiger partial charge < -0.3 is 15.0 Å². The van der Waals surface area contributed by atoms with Gasteiger partial charge in [0.25, 0.3) is 5.91 Å². The second-order valence-corrected chi connectivity index (χ2v) is 4.74. The van der Waals surface area contributed by atoms with Gasteiger partial charge in [-0.05, 0) is 42.5 Å². The van der Waals surface area contributed by atoms with Crippen molar-refractivity contribution in [1.29, 1.82) is 0 Å². The van der Waals surface area contributed by atoms with Crippen LogP contribution in [0, 0.1) is 5.82 Å². The van der Waals surface area contributed by atoms with E-state index in [0.29, 0.717) is 5.69 Å². The van der Waals surface area contributed by atoms with Crippen LogP contribution >= 0.6 is 0 Å². The van der Waals surface area contributed by atoms with E-state index in [0.717, 1.165) is 11.8 Å². The average molecular weight is 288 g/mol. The van der Waals surface area contributed by atoms with Crippen LogP contribution < -0.4 is 15.0 Å². The third kappa shape index (κ3) is 3.51. The Labute approximate surface area is 123 Å². The van der Waals surface area contributed by atoms with Crippen molar-refractivity contribution in [3.63, 3.8) is 0 Å². The van der Waals surface area contributed by atoms with Gasteiger partial charge in [0.1, 0.15) is 0 Å². The number of nitrogens with zero attached hydrogens (tertiary/aromatic N) is 1. The zero-order valence-corrected chi connectivity index (χ0v) is 12.2. The zero-order valence-electron chi connectivity index (χ0n) is 12.2. The lowest BCUT2D eigenvalue weighted by Gasteiger charge is -2.13. The molecule has 0 aromatic heterocycles. The molecule has 1 N–H and O–H groups in total. The number of anilines is 2. The maximum atomic E-state index is 13.6. The van der Waals surface area contributed by atoms with Gasteiger partial charge in [-0.2, -0.15) is 0 Å². The minimum atomic E-state index is -0.562. The summed E-state index contributed by atoms with van der Waals surface area (Å²) in [5, 5.41) is 2.72. The van der Waals surface area contributed by atoms with Gasteiger partial charge in [0.05, 0.1) is 7.11 Å². The van der Waals surface area contributed by atoms with Crippen LogP contribution in [0.2, 0.25) is 0 Å². The summed E-state index contributed by atoms with van der Waals surface area (Å²) < 4.78 is 18.4.